The number of ether oxygens (including phenoxy) is 1. The lowest BCUT2D eigenvalue weighted by atomic mass is 10.1. The van der Waals surface area contributed by atoms with Crippen LogP contribution in [-0.2, 0) is 6.42 Å². The summed E-state index contributed by atoms with van der Waals surface area (Å²) in [6.45, 7) is 2.04. The molecule has 22 heavy (non-hydrogen) atoms. The summed E-state index contributed by atoms with van der Waals surface area (Å²) >= 11 is 0. The summed E-state index contributed by atoms with van der Waals surface area (Å²) < 4.78 is 15.4. The number of fused-ring (bicyclic) bond motifs is 1. The standard InChI is InChI=1S/C17H14O5/c1-2-4-11-9-16(18)22-15-10-12(6-7-13(11)15)21-17(19)14-5-3-8-20-14/h3,5-10H,2,4H2,1H3. The van der Waals surface area contributed by atoms with E-state index in [0.29, 0.717) is 11.3 Å². The van der Waals surface area contributed by atoms with E-state index in [-0.39, 0.29) is 5.76 Å². The van der Waals surface area contributed by atoms with E-state index in [9.17, 15) is 9.59 Å². The van der Waals surface area contributed by atoms with E-state index < -0.39 is 11.6 Å². The van der Waals surface area contributed by atoms with Gasteiger partial charge in [0.2, 0.25) is 5.76 Å². The van der Waals surface area contributed by atoms with Crippen LogP contribution < -0.4 is 10.4 Å². The third-order valence-electron chi connectivity index (χ3n) is 3.25. The van der Waals surface area contributed by atoms with Gasteiger partial charge in [-0.05, 0) is 36.2 Å². The third kappa shape index (κ3) is 2.79. The highest BCUT2D eigenvalue weighted by atomic mass is 16.5. The quantitative estimate of drug-likeness (QED) is 0.418. The number of carbonyl (C=O) groups excluding carboxylic acids is 1. The van der Waals surface area contributed by atoms with Crippen LogP contribution >= 0.6 is 0 Å². The predicted octanol–water partition coefficient (Wildman–Crippen LogP) is 3.56. The Hall–Kier alpha value is -2.82. The molecule has 0 spiro atoms. The van der Waals surface area contributed by atoms with Crippen LogP contribution in [0, 0.1) is 0 Å². The Morgan fingerprint density at radius 3 is 2.82 bits per heavy atom. The highest BCUT2D eigenvalue weighted by Crippen LogP contribution is 2.24. The van der Waals surface area contributed by atoms with Gasteiger partial charge in [0.05, 0.1) is 6.26 Å². The highest BCUT2D eigenvalue weighted by molar-refractivity contribution is 5.89. The molecule has 0 radical (unpaired) electrons. The minimum Gasteiger partial charge on any atom is -0.457 e. The first-order chi connectivity index (χ1) is 10.7. The Morgan fingerprint density at radius 2 is 2.09 bits per heavy atom. The zero-order valence-corrected chi connectivity index (χ0v) is 12.0. The van der Waals surface area contributed by atoms with Crippen LogP contribution in [0.3, 0.4) is 0 Å². The number of furan rings is 1. The fourth-order valence-corrected chi connectivity index (χ4v) is 2.30. The van der Waals surface area contributed by atoms with Crippen molar-refractivity contribution in [3.05, 3.63) is 64.4 Å². The van der Waals surface area contributed by atoms with Gasteiger partial charge in [-0.3, -0.25) is 0 Å². The van der Waals surface area contributed by atoms with Crippen molar-refractivity contribution in [2.75, 3.05) is 0 Å². The summed E-state index contributed by atoms with van der Waals surface area (Å²) in [5, 5.41) is 0.847. The lowest BCUT2D eigenvalue weighted by Crippen LogP contribution is -2.07. The molecular weight excluding hydrogens is 284 g/mol. The largest absolute Gasteiger partial charge is 0.457 e. The van der Waals surface area contributed by atoms with Crippen LogP contribution in [-0.4, -0.2) is 5.97 Å². The average molecular weight is 298 g/mol. The van der Waals surface area contributed by atoms with Gasteiger partial charge in [-0.1, -0.05) is 13.3 Å². The minimum absolute atomic E-state index is 0.112. The van der Waals surface area contributed by atoms with Gasteiger partial charge in [0.25, 0.3) is 0 Å². The zero-order valence-electron chi connectivity index (χ0n) is 12.0. The average Bonchev–Trinajstić information content (AvgIpc) is 3.01. The molecule has 0 amide bonds. The fourth-order valence-electron chi connectivity index (χ4n) is 2.30. The molecule has 0 saturated carbocycles. The van der Waals surface area contributed by atoms with Crippen molar-refractivity contribution in [3.63, 3.8) is 0 Å². The van der Waals surface area contributed by atoms with Gasteiger partial charge >= 0.3 is 11.6 Å². The SMILES string of the molecule is CCCc1cc(=O)oc2cc(OC(=O)c3ccco3)ccc12. The Morgan fingerprint density at radius 1 is 1.23 bits per heavy atom. The van der Waals surface area contributed by atoms with Crippen LogP contribution in [0.25, 0.3) is 11.0 Å². The van der Waals surface area contributed by atoms with Crippen LogP contribution in [0.1, 0.15) is 29.5 Å². The van der Waals surface area contributed by atoms with E-state index in [0.717, 1.165) is 23.8 Å². The van der Waals surface area contributed by atoms with Gasteiger partial charge in [-0.25, -0.2) is 9.59 Å². The lowest BCUT2D eigenvalue weighted by Gasteiger charge is -2.06. The normalized spacial score (nSPS) is 10.8. The molecular formula is C17H14O5. The Bertz CT molecular complexity index is 858. The first kappa shape index (κ1) is 14.1. The molecule has 0 aliphatic rings. The number of benzene rings is 1. The monoisotopic (exact) mass is 298 g/mol. The summed E-state index contributed by atoms with van der Waals surface area (Å²) in [4.78, 5) is 23.4. The van der Waals surface area contributed by atoms with Gasteiger partial charge < -0.3 is 13.6 Å². The second-order valence-corrected chi connectivity index (χ2v) is 4.87. The molecule has 0 aliphatic carbocycles. The Labute approximate surface area is 126 Å². The summed E-state index contributed by atoms with van der Waals surface area (Å²) in [6, 6.07) is 9.61. The van der Waals surface area contributed by atoms with Crippen molar-refractivity contribution < 1.29 is 18.4 Å². The molecule has 0 fully saturated rings. The van der Waals surface area contributed by atoms with Crippen LogP contribution in [0.2, 0.25) is 0 Å². The molecule has 0 N–H and O–H groups in total. The van der Waals surface area contributed by atoms with Crippen molar-refractivity contribution in [2.45, 2.75) is 19.8 Å². The molecule has 5 heteroatoms. The predicted molar refractivity (Wildman–Crippen MR) is 80.1 cm³/mol. The molecule has 2 heterocycles. The second-order valence-electron chi connectivity index (χ2n) is 4.87. The van der Waals surface area contributed by atoms with Gasteiger partial charge in [0.15, 0.2) is 0 Å². The van der Waals surface area contributed by atoms with E-state index in [1.807, 2.05) is 6.92 Å². The fraction of sp³-hybridized carbons (Fsp3) is 0.176. The minimum atomic E-state index is -0.601. The second kappa shape index (κ2) is 5.89. The van der Waals surface area contributed by atoms with E-state index >= 15 is 0 Å². The highest BCUT2D eigenvalue weighted by Gasteiger charge is 2.13. The first-order valence-corrected chi connectivity index (χ1v) is 7.00. The Kier molecular flexibility index (Phi) is 3.78. The lowest BCUT2D eigenvalue weighted by molar-refractivity contribution is 0.0701. The van der Waals surface area contributed by atoms with Gasteiger partial charge in [0, 0.05) is 17.5 Å². The third-order valence-corrected chi connectivity index (χ3v) is 3.25. The zero-order chi connectivity index (χ0) is 15.5. The molecule has 0 aliphatic heterocycles. The van der Waals surface area contributed by atoms with E-state index in [4.69, 9.17) is 13.6 Å². The molecule has 0 saturated heterocycles. The summed E-state index contributed by atoms with van der Waals surface area (Å²) in [7, 11) is 0. The number of hydrogen-bond donors (Lipinski definition) is 0. The molecule has 112 valence electrons. The molecule has 5 nitrogen and oxygen atoms in total. The van der Waals surface area contributed by atoms with Gasteiger partial charge in [-0.2, -0.15) is 0 Å². The van der Waals surface area contributed by atoms with Crippen LogP contribution in [0.5, 0.6) is 5.75 Å². The van der Waals surface area contributed by atoms with Crippen LogP contribution in [0.15, 0.2) is 56.3 Å². The van der Waals surface area contributed by atoms with Crippen molar-refractivity contribution >= 4 is 16.9 Å². The molecule has 0 bridgehead atoms. The van der Waals surface area contributed by atoms with Gasteiger partial charge in [-0.15, -0.1) is 0 Å². The van der Waals surface area contributed by atoms with E-state index in [1.54, 1.807) is 18.2 Å². The molecule has 3 aromatic rings. The van der Waals surface area contributed by atoms with Crippen molar-refractivity contribution in [3.8, 4) is 5.75 Å². The number of rotatable bonds is 4. The maximum Gasteiger partial charge on any atom is 0.379 e. The maximum atomic E-state index is 11.8. The Balaban J connectivity index is 1.96. The molecule has 3 rings (SSSR count). The molecule has 2 aromatic heterocycles. The number of hydrogen-bond acceptors (Lipinski definition) is 5. The number of aryl methyl sites for hydroxylation is 1. The smallest absolute Gasteiger partial charge is 0.379 e. The van der Waals surface area contributed by atoms with E-state index in [2.05, 4.69) is 0 Å². The van der Waals surface area contributed by atoms with Crippen molar-refractivity contribution in [2.24, 2.45) is 0 Å². The summed E-state index contributed by atoms with van der Waals surface area (Å²) in [5.41, 5.74) is 0.920. The summed E-state index contributed by atoms with van der Waals surface area (Å²) in [6.07, 6.45) is 3.11. The number of esters is 1. The summed E-state index contributed by atoms with van der Waals surface area (Å²) in [5.74, 6) is -0.191. The van der Waals surface area contributed by atoms with Crippen molar-refractivity contribution in [1.82, 2.24) is 0 Å². The maximum absolute atomic E-state index is 11.8. The van der Waals surface area contributed by atoms with Crippen LogP contribution in [0.4, 0.5) is 0 Å². The molecule has 1 aromatic carbocycles. The van der Waals surface area contributed by atoms with Gasteiger partial charge in [0.1, 0.15) is 11.3 Å². The molecule has 0 unspecified atom stereocenters. The van der Waals surface area contributed by atoms with Crippen molar-refractivity contribution in [1.29, 1.82) is 0 Å². The topological polar surface area (TPSA) is 69.7 Å². The van der Waals surface area contributed by atoms with E-state index in [1.165, 1.54) is 24.5 Å². The molecule has 0 atom stereocenters. The number of carbonyl (C=O) groups is 1. The first-order valence-electron chi connectivity index (χ1n) is 7.00.